The molecule has 1 amide bonds. The summed E-state index contributed by atoms with van der Waals surface area (Å²) in [6.45, 7) is 4.02. The van der Waals surface area contributed by atoms with Gasteiger partial charge in [-0.25, -0.2) is 9.37 Å². The molecule has 0 bridgehead atoms. The summed E-state index contributed by atoms with van der Waals surface area (Å²) in [5, 5.41) is 5.39. The Morgan fingerprint density at radius 2 is 1.88 bits per heavy atom. The largest absolute Gasteiger partial charge is 0.302 e. The third kappa shape index (κ3) is 4.07. The van der Waals surface area contributed by atoms with Gasteiger partial charge in [0.15, 0.2) is 5.13 Å². The van der Waals surface area contributed by atoms with Crippen molar-refractivity contribution < 1.29 is 9.18 Å². The number of benzene rings is 1. The van der Waals surface area contributed by atoms with Crippen LogP contribution in [-0.2, 0) is 4.79 Å². The molecule has 0 unspecified atom stereocenters. The van der Waals surface area contributed by atoms with Crippen LogP contribution < -0.4 is 5.32 Å². The molecule has 6 heteroatoms. The molecule has 1 N–H and O–H groups in total. The van der Waals surface area contributed by atoms with Crippen LogP contribution in [0.5, 0.6) is 0 Å². The topological polar surface area (TPSA) is 42.0 Å². The number of aromatic nitrogens is 1. The molecular weight excluding hydrogens is 343 g/mol. The fraction of sp³-hybridized carbons (Fsp3) is 0.222. The second-order valence-corrected chi connectivity index (χ2v) is 7.80. The van der Waals surface area contributed by atoms with E-state index >= 15 is 0 Å². The summed E-state index contributed by atoms with van der Waals surface area (Å²) in [4.78, 5) is 18.4. The highest BCUT2D eigenvalue weighted by Gasteiger charge is 2.11. The first-order chi connectivity index (χ1) is 11.5. The molecule has 0 radical (unpaired) electrons. The maximum Gasteiger partial charge on any atom is 0.226 e. The molecule has 0 aliphatic heterocycles. The number of anilines is 1. The van der Waals surface area contributed by atoms with Crippen molar-refractivity contribution in [3.63, 3.8) is 0 Å². The molecule has 3 aromatic rings. The summed E-state index contributed by atoms with van der Waals surface area (Å²) in [7, 11) is 0. The molecular formula is C18H17FN2OS2. The average Bonchev–Trinajstić information content (AvgIpc) is 3.16. The number of halogens is 1. The Balaban J connectivity index is 1.74. The lowest BCUT2D eigenvalue weighted by molar-refractivity contribution is -0.116. The second kappa shape index (κ2) is 7.23. The first kappa shape index (κ1) is 16.8. The van der Waals surface area contributed by atoms with Crippen LogP contribution in [0, 0.1) is 11.7 Å². The van der Waals surface area contributed by atoms with Gasteiger partial charge in [0.1, 0.15) is 5.82 Å². The van der Waals surface area contributed by atoms with E-state index in [0.29, 0.717) is 17.5 Å². The molecule has 1 aromatic carbocycles. The molecule has 0 aliphatic carbocycles. The maximum atomic E-state index is 13.0. The SMILES string of the molecule is CC(C)CC(=O)Nc1nc(-c2ccc(-c3ccc(F)cc3)s2)cs1. The van der Waals surface area contributed by atoms with Crippen LogP contribution in [0.2, 0.25) is 0 Å². The van der Waals surface area contributed by atoms with Gasteiger partial charge < -0.3 is 5.32 Å². The number of nitrogens with zero attached hydrogens (tertiary/aromatic N) is 1. The third-order valence-electron chi connectivity index (χ3n) is 3.33. The Morgan fingerprint density at radius 1 is 1.17 bits per heavy atom. The first-order valence-corrected chi connectivity index (χ1v) is 9.32. The summed E-state index contributed by atoms with van der Waals surface area (Å²) in [6.07, 6.45) is 0.489. The predicted molar refractivity (Wildman–Crippen MR) is 98.9 cm³/mol. The van der Waals surface area contributed by atoms with E-state index in [4.69, 9.17) is 0 Å². The fourth-order valence-electron chi connectivity index (χ4n) is 2.23. The highest BCUT2D eigenvalue weighted by Crippen LogP contribution is 2.35. The van der Waals surface area contributed by atoms with Gasteiger partial charge >= 0.3 is 0 Å². The van der Waals surface area contributed by atoms with Crippen molar-refractivity contribution in [2.45, 2.75) is 20.3 Å². The zero-order valence-corrected chi connectivity index (χ0v) is 15.0. The number of carbonyl (C=O) groups excluding carboxylic acids is 1. The van der Waals surface area contributed by atoms with Crippen molar-refractivity contribution in [2.75, 3.05) is 5.32 Å². The fourth-order valence-corrected chi connectivity index (χ4v) is 4.00. The number of thiophene rings is 1. The standard InChI is InChI=1S/C18H17FN2OS2/c1-11(2)9-17(22)21-18-20-14(10-23-18)16-8-7-15(24-16)12-3-5-13(19)6-4-12/h3-8,10-11H,9H2,1-2H3,(H,20,21,22). The molecule has 3 rings (SSSR count). The van der Waals surface area contributed by atoms with Crippen LogP contribution in [0.3, 0.4) is 0 Å². The Morgan fingerprint density at radius 3 is 2.58 bits per heavy atom. The Labute approximate surface area is 148 Å². The highest BCUT2D eigenvalue weighted by atomic mass is 32.1. The van der Waals surface area contributed by atoms with E-state index in [1.54, 1.807) is 23.5 Å². The van der Waals surface area contributed by atoms with Crippen molar-refractivity contribution in [1.82, 2.24) is 4.98 Å². The van der Waals surface area contributed by atoms with Gasteiger partial charge in [0.05, 0.1) is 10.6 Å². The Bertz CT molecular complexity index is 837. The molecule has 124 valence electrons. The Kier molecular flexibility index (Phi) is 5.06. The molecule has 0 saturated carbocycles. The van der Waals surface area contributed by atoms with Gasteiger partial charge in [-0.2, -0.15) is 0 Å². The molecule has 0 spiro atoms. The minimum Gasteiger partial charge on any atom is -0.302 e. The van der Waals surface area contributed by atoms with E-state index in [1.807, 2.05) is 31.4 Å². The lowest BCUT2D eigenvalue weighted by Gasteiger charge is -2.03. The molecule has 0 atom stereocenters. The normalized spacial score (nSPS) is 11.0. The van der Waals surface area contributed by atoms with Crippen LogP contribution in [-0.4, -0.2) is 10.9 Å². The third-order valence-corrected chi connectivity index (χ3v) is 5.25. The second-order valence-electron chi connectivity index (χ2n) is 5.85. The summed E-state index contributed by atoms with van der Waals surface area (Å²) in [6, 6.07) is 10.5. The first-order valence-electron chi connectivity index (χ1n) is 7.63. The predicted octanol–water partition coefficient (Wildman–Crippen LogP) is 5.66. The Hall–Kier alpha value is -2.05. The summed E-state index contributed by atoms with van der Waals surface area (Å²) in [5.74, 6) is 0.0703. The lowest BCUT2D eigenvalue weighted by Crippen LogP contribution is -2.13. The summed E-state index contributed by atoms with van der Waals surface area (Å²) in [5.41, 5.74) is 1.83. The zero-order chi connectivity index (χ0) is 17.1. The summed E-state index contributed by atoms with van der Waals surface area (Å²) < 4.78 is 13.0. The van der Waals surface area contributed by atoms with E-state index in [1.165, 1.54) is 23.5 Å². The molecule has 2 aromatic heterocycles. The van der Waals surface area contributed by atoms with Crippen LogP contribution >= 0.6 is 22.7 Å². The van der Waals surface area contributed by atoms with E-state index in [9.17, 15) is 9.18 Å². The van der Waals surface area contributed by atoms with Crippen LogP contribution in [0.15, 0.2) is 41.8 Å². The van der Waals surface area contributed by atoms with E-state index in [-0.39, 0.29) is 11.7 Å². The number of hydrogen-bond donors (Lipinski definition) is 1. The highest BCUT2D eigenvalue weighted by molar-refractivity contribution is 7.19. The average molecular weight is 360 g/mol. The quantitative estimate of drug-likeness (QED) is 0.637. The van der Waals surface area contributed by atoms with Crippen molar-refractivity contribution in [3.8, 4) is 21.0 Å². The molecule has 3 nitrogen and oxygen atoms in total. The maximum absolute atomic E-state index is 13.0. The van der Waals surface area contributed by atoms with Crippen molar-refractivity contribution in [2.24, 2.45) is 5.92 Å². The van der Waals surface area contributed by atoms with E-state index in [2.05, 4.69) is 10.3 Å². The number of amides is 1. The van der Waals surface area contributed by atoms with E-state index < -0.39 is 0 Å². The monoisotopic (exact) mass is 360 g/mol. The van der Waals surface area contributed by atoms with Gasteiger partial charge in [0, 0.05) is 16.7 Å². The van der Waals surface area contributed by atoms with Crippen molar-refractivity contribution >= 4 is 33.7 Å². The minimum atomic E-state index is -0.239. The smallest absolute Gasteiger partial charge is 0.226 e. The minimum absolute atomic E-state index is 0.0101. The number of rotatable bonds is 5. The number of nitrogens with one attached hydrogen (secondary N) is 1. The van der Waals surface area contributed by atoms with Crippen molar-refractivity contribution in [3.05, 3.63) is 47.6 Å². The van der Waals surface area contributed by atoms with Crippen molar-refractivity contribution in [1.29, 1.82) is 0 Å². The molecule has 0 fully saturated rings. The van der Waals surface area contributed by atoms with Gasteiger partial charge in [-0.3, -0.25) is 4.79 Å². The lowest BCUT2D eigenvalue weighted by atomic mass is 10.1. The van der Waals surface area contributed by atoms with Gasteiger partial charge in [0.2, 0.25) is 5.91 Å². The van der Waals surface area contributed by atoms with Gasteiger partial charge in [-0.05, 0) is 35.7 Å². The number of carbonyl (C=O) groups is 1. The van der Waals surface area contributed by atoms with Gasteiger partial charge in [-0.1, -0.05) is 26.0 Å². The summed E-state index contributed by atoms with van der Waals surface area (Å²) >= 11 is 3.02. The zero-order valence-electron chi connectivity index (χ0n) is 13.4. The molecule has 24 heavy (non-hydrogen) atoms. The van der Waals surface area contributed by atoms with Crippen LogP contribution in [0.1, 0.15) is 20.3 Å². The van der Waals surface area contributed by atoms with E-state index in [0.717, 1.165) is 21.0 Å². The van der Waals surface area contributed by atoms with Gasteiger partial charge in [-0.15, -0.1) is 22.7 Å². The number of hydrogen-bond acceptors (Lipinski definition) is 4. The van der Waals surface area contributed by atoms with Gasteiger partial charge in [0.25, 0.3) is 0 Å². The molecule has 2 heterocycles. The van der Waals surface area contributed by atoms with Crippen LogP contribution in [0.4, 0.5) is 9.52 Å². The molecule has 0 aliphatic rings. The molecule has 0 saturated heterocycles. The number of thiazole rings is 1. The van der Waals surface area contributed by atoms with Crippen LogP contribution in [0.25, 0.3) is 21.0 Å².